The minimum Gasteiger partial charge on any atom is -0.463 e. The summed E-state index contributed by atoms with van der Waals surface area (Å²) in [5, 5.41) is 3.84. The van der Waals surface area contributed by atoms with E-state index < -0.39 is 6.04 Å². The number of hydrogen-bond acceptors (Lipinski definition) is 6. The van der Waals surface area contributed by atoms with E-state index in [-0.39, 0.29) is 23.2 Å². The third kappa shape index (κ3) is 3.85. The van der Waals surface area contributed by atoms with Crippen LogP contribution in [0.15, 0.2) is 71.6 Å². The van der Waals surface area contributed by atoms with Crippen molar-refractivity contribution in [2.45, 2.75) is 25.4 Å². The Bertz CT molecular complexity index is 1050. The summed E-state index contributed by atoms with van der Waals surface area (Å²) in [4.78, 5) is 27.8. The van der Waals surface area contributed by atoms with E-state index in [4.69, 9.17) is 16.3 Å². The van der Waals surface area contributed by atoms with Crippen LogP contribution in [0.25, 0.3) is 6.08 Å². The number of nitrogens with zero attached hydrogens (tertiary/aromatic N) is 1. The van der Waals surface area contributed by atoms with Gasteiger partial charge in [-0.1, -0.05) is 54.1 Å². The zero-order valence-electron chi connectivity index (χ0n) is 16.6. The lowest BCUT2D eigenvalue weighted by Gasteiger charge is -2.41. The maximum absolute atomic E-state index is 13.0. The average Bonchev–Trinajstić information content (AvgIpc) is 3.02. The van der Waals surface area contributed by atoms with Crippen molar-refractivity contribution in [3.63, 3.8) is 0 Å². The van der Waals surface area contributed by atoms with Crippen molar-refractivity contribution in [3.05, 3.63) is 87.7 Å². The third-order valence-corrected chi connectivity index (χ3v) is 6.24. The van der Waals surface area contributed by atoms with Crippen molar-refractivity contribution in [1.29, 1.82) is 0 Å². The SMILES string of the molecule is CCOC(=O)C1=C(C)NC2SC(=O)/C(=C\c3cccc(Cl)c3)N2C1c1ccccc1. The van der Waals surface area contributed by atoms with Crippen LogP contribution >= 0.6 is 23.4 Å². The summed E-state index contributed by atoms with van der Waals surface area (Å²) in [6.45, 7) is 3.91. The highest BCUT2D eigenvalue weighted by molar-refractivity contribution is 8.15. The Balaban J connectivity index is 1.86. The van der Waals surface area contributed by atoms with Gasteiger partial charge in [-0.15, -0.1) is 0 Å². The molecule has 0 bridgehead atoms. The molecule has 2 heterocycles. The Morgan fingerprint density at radius 3 is 2.70 bits per heavy atom. The zero-order valence-corrected chi connectivity index (χ0v) is 18.2. The molecule has 5 nitrogen and oxygen atoms in total. The summed E-state index contributed by atoms with van der Waals surface area (Å²) in [5.41, 5.74) is 3.16. The summed E-state index contributed by atoms with van der Waals surface area (Å²) in [6.07, 6.45) is 1.82. The fourth-order valence-electron chi connectivity index (χ4n) is 3.75. The predicted molar refractivity (Wildman–Crippen MR) is 119 cm³/mol. The van der Waals surface area contributed by atoms with Gasteiger partial charge in [0.15, 0.2) is 5.50 Å². The molecule has 2 unspecified atom stereocenters. The maximum Gasteiger partial charge on any atom is 0.338 e. The van der Waals surface area contributed by atoms with E-state index in [0.29, 0.717) is 22.0 Å². The number of benzene rings is 2. The van der Waals surface area contributed by atoms with Gasteiger partial charge in [0.2, 0.25) is 5.12 Å². The molecule has 2 aliphatic heterocycles. The van der Waals surface area contributed by atoms with Crippen molar-refractivity contribution >= 4 is 40.5 Å². The van der Waals surface area contributed by atoms with Crippen LogP contribution in [-0.4, -0.2) is 28.1 Å². The number of rotatable bonds is 4. The Kier molecular flexibility index (Phi) is 5.88. The molecule has 2 aromatic carbocycles. The van der Waals surface area contributed by atoms with Gasteiger partial charge in [-0.25, -0.2) is 4.79 Å². The van der Waals surface area contributed by atoms with Gasteiger partial charge in [0.25, 0.3) is 0 Å². The van der Waals surface area contributed by atoms with E-state index in [1.807, 2.05) is 66.4 Å². The molecular formula is C23H21ClN2O3S. The largest absolute Gasteiger partial charge is 0.463 e. The number of allylic oxidation sites excluding steroid dienone is 1. The van der Waals surface area contributed by atoms with Crippen LogP contribution in [-0.2, 0) is 14.3 Å². The third-order valence-electron chi connectivity index (χ3n) is 5.02. The van der Waals surface area contributed by atoms with Gasteiger partial charge in [0, 0.05) is 10.7 Å². The first-order valence-electron chi connectivity index (χ1n) is 9.65. The van der Waals surface area contributed by atoms with E-state index in [0.717, 1.165) is 11.1 Å². The summed E-state index contributed by atoms with van der Waals surface area (Å²) in [7, 11) is 0. The quantitative estimate of drug-likeness (QED) is 0.548. The van der Waals surface area contributed by atoms with E-state index >= 15 is 0 Å². The highest BCUT2D eigenvalue weighted by Crippen LogP contribution is 2.46. The second-order valence-electron chi connectivity index (χ2n) is 6.97. The highest BCUT2D eigenvalue weighted by atomic mass is 35.5. The second-order valence-corrected chi connectivity index (χ2v) is 8.46. The first-order valence-corrected chi connectivity index (χ1v) is 10.9. The van der Waals surface area contributed by atoms with E-state index in [1.165, 1.54) is 11.8 Å². The van der Waals surface area contributed by atoms with Crippen LogP contribution in [0.3, 0.4) is 0 Å². The van der Waals surface area contributed by atoms with Gasteiger partial charge in [-0.05, 0) is 54.9 Å². The summed E-state index contributed by atoms with van der Waals surface area (Å²) in [5.74, 6) is -0.388. The lowest BCUT2D eigenvalue weighted by Crippen LogP contribution is -2.47. The van der Waals surface area contributed by atoms with E-state index in [9.17, 15) is 9.59 Å². The average molecular weight is 441 g/mol. The Labute approximate surface area is 184 Å². The predicted octanol–water partition coefficient (Wildman–Crippen LogP) is 4.72. The molecule has 154 valence electrons. The second kappa shape index (κ2) is 8.58. The van der Waals surface area contributed by atoms with Crippen LogP contribution in [0, 0.1) is 0 Å². The Morgan fingerprint density at radius 1 is 1.23 bits per heavy atom. The monoisotopic (exact) mass is 440 g/mol. The lowest BCUT2D eigenvalue weighted by molar-refractivity contribution is -0.139. The minimum absolute atomic E-state index is 0.0636. The number of hydrogen-bond donors (Lipinski definition) is 1. The van der Waals surface area contributed by atoms with Crippen LogP contribution < -0.4 is 5.32 Å². The molecule has 2 aromatic rings. The molecule has 0 aliphatic carbocycles. The number of thioether (sulfide) groups is 1. The molecule has 7 heteroatoms. The van der Waals surface area contributed by atoms with Gasteiger partial charge >= 0.3 is 5.97 Å². The fourth-order valence-corrected chi connectivity index (χ4v) is 5.03. The van der Waals surface area contributed by atoms with Crippen LogP contribution in [0.1, 0.15) is 31.0 Å². The molecule has 2 aliphatic rings. The van der Waals surface area contributed by atoms with Gasteiger partial charge < -0.3 is 15.0 Å². The Morgan fingerprint density at radius 2 is 2.00 bits per heavy atom. The number of ether oxygens (including phenoxy) is 1. The molecule has 0 spiro atoms. The van der Waals surface area contributed by atoms with Gasteiger partial charge in [0.1, 0.15) is 0 Å². The van der Waals surface area contributed by atoms with Crippen molar-refractivity contribution in [2.24, 2.45) is 0 Å². The van der Waals surface area contributed by atoms with E-state index in [2.05, 4.69) is 5.32 Å². The number of esters is 1. The van der Waals surface area contributed by atoms with Crippen LogP contribution in [0.2, 0.25) is 5.02 Å². The topological polar surface area (TPSA) is 58.6 Å². The van der Waals surface area contributed by atoms with Crippen LogP contribution in [0.5, 0.6) is 0 Å². The molecule has 1 N–H and O–H groups in total. The highest BCUT2D eigenvalue weighted by Gasteiger charge is 2.47. The van der Waals surface area contributed by atoms with Crippen LogP contribution in [0.4, 0.5) is 0 Å². The number of carbonyl (C=O) groups excluding carboxylic acids is 2. The number of fused-ring (bicyclic) bond motifs is 1. The number of carbonyl (C=O) groups is 2. The molecule has 1 fully saturated rings. The molecule has 0 aromatic heterocycles. The summed E-state index contributed by atoms with van der Waals surface area (Å²) in [6, 6.07) is 16.6. The number of nitrogens with one attached hydrogen (secondary N) is 1. The van der Waals surface area contributed by atoms with Crippen molar-refractivity contribution in [3.8, 4) is 0 Å². The molecule has 1 saturated heterocycles. The van der Waals surface area contributed by atoms with E-state index in [1.54, 1.807) is 13.0 Å². The maximum atomic E-state index is 13.0. The van der Waals surface area contributed by atoms with Gasteiger partial charge in [0.05, 0.1) is 23.9 Å². The molecular weight excluding hydrogens is 420 g/mol. The van der Waals surface area contributed by atoms with Gasteiger partial charge in [-0.3, -0.25) is 4.79 Å². The first-order chi connectivity index (χ1) is 14.5. The molecule has 30 heavy (non-hydrogen) atoms. The molecule has 4 rings (SSSR count). The molecule has 0 saturated carbocycles. The van der Waals surface area contributed by atoms with Crippen molar-refractivity contribution in [1.82, 2.24) is 10.2 Å². The molecule has 2 atom stereocenters. The smallest absolute Gasteiger partial charge is 0.338 e. The standard InChI is InChI=1S/C23H21ClN2O3S/c1-3-29-21(27)19-14(2)25-23-26(20(19)16-9-5-4-6-10-16)18(22(28)30-23)13-15-8-7-11-17(24)12-15/h4-13,20,23,25H,3H2,1-2H3/b18-13+. The van der Waals surface area contributed by atoms with Crippen molar-refractivity contribution in [2.75, 3.05) is 6.61 Å². The zero-order chi connectivity index (χ0) is 21.3. The minimum atomic E-state index is -0.444. The summed E-state index contributed by atoms with van der Waals surface area (Å²) < 4.78 is 5.36. The molecule has 0 radical (unpaired) electrons. The summed E-state index contributed by atoms with van der Waals surface area (Å²) >= 11 is 7.33. The first kappa shape index (κ1) is 20.6. The lowest BCUT2D eigenvalue weighted by atomic mass is 9.93. The normalized spacial score (nSPS) is 22.2. The fraction of sp³-hybridized carbons (Fsp3) is 0.217. The number of halogens is 1. The molecule has 0 amide bonds. The Hall–Kier alpha value is -2.70. The van der Waals surface area contributed by atoms with Crippen molar-refractivity contribution < 1.29 is 14.3 Å². The van der Waals surface area contributed by atoms with Gasteiger partial charge in [-0.2, -0.15) is 0 Å².